The Morgan fingerprint density at radius 1 is 1.28 bits per heavy atom. The van der Waals surface area contributed by atoms with Gasteiger partial charge >= 0.3 is 0 Å². The Hall–Kier alpha value is -2.43. The van der Waals surface area contributed by atoms with E-state index in [-0.39, 0.29) is 0 Å². The van der Waals surface area contributed by atoms with Crippen molar-refractivity contribution in [3.8, 4) is 0 Å². The average Bonchev–Trinajstić information content (AvgIpc) is 2.74. The van der Waals surface area contributed by atoms with Crippen LogP contribution in [0.15, 0.2) is 36.8 Å². The van der Waals surface area contributed by atoms with Crippen LogP contribution in [0.25, 0.3) is 11.0 Å². The predicted octanol–water partition coefficient (Wildman–Crippen LogP) is 1.77. The van der Waals surface area contributed by atoms with E-state index >= 15 is 0 Å². The molecule has 3 rings (SSSR count). The van der Waals surface area contributed by atoms with Gasteiger partial charge in [-0.25, -0.2) is 14.6 Å². The fourth-order valence-corrected chi connectivity index (χ4v) is 2.01. The van der Waals surface area contributed by atoms with Gasteiger partial charge in [-0.1, -0.05) is 29.8 Å². The number of nitrogens with two attached hydrogens (primary N) is 1. The van der Waals surface area contributed by atoms with Gasteiger partial charge in [0, 0.05) is 0 Å². The minimum atomic E-state index is 0.468. The lowest BCUT2D eigenvalue weighted by Gasteiger charge is -2.04. The second kappa shape index (κ2) is 4.10. The van der Waals surface area contributed by atoms with E-state index in [9.17, 15) is 0 Å². The van der Waals surface area contributed by atoms with Crippen molar-refractivity contribution < 1.29 is 0 Å². The number of aromatic nitrogens is 4. The Morgan fingerprint density at radius 3 is 3.00 bits per heavy atom. The van der Waals surface area contributed by atoms with Crippen molar-refractivity contribution in [2.45, 2.75) is 13.5 Å². The standard InChI is InChI=1S/C13H13N5/c1-9-3-2-4-10(5-9)7-18-13-11(6-17-18)12(14)15-8-16-13/h2-6,8H,7H2,1H3,(H2,14,15,16). The van der Waals surface area contributed by atoms with Crippen LogP contribution < -0.4 is 5.73 Å². The highest BCUT2D eigenvalue weighted by Gasteiger charge is 2.07. The summed E-state index contributed by atoms with van der Waals surface area (Å²) in [6.45, 7) is 2.76. The minimum Gasteiger partial charge on any atom is -0.383 e. The Balaban J connectivity index is 2.03. The maximum atomic E-state index is 5.78. The van der Waals surface area contributed by atoms with Crippen molar-refractivity contribution in [3.63, 3.8) is 0 Å². The van der Waals surface area contributed by atoms with E-state index < -0.39 is 0 Å². The predicted molar refractivity (Wildman–Crippen MR) is 70.0 cm³/mol. The first kappa shape index (κ1) is 10.7. The van der Waals surface area contributed by atoms with Gasteiger partial charge in [0.25, 0.3) is 0 Å². The normalized spacial score (nSPS) is 10.9. The van der Waals surface area contributed by atoms with Crippen LogP contribution in [0.4, 0.5) is 5.82 Å². The van der Waals surface area contributed by atoms with Crippen LogP contribution in [0, 0.1) is 6.92 Å². The number of aryl methyl sites for hydroxylation is 1. The number of anilines is 1. The van der Waals surface area contributed by atoms with E-state index in [4.69, 9.17) is 5.73 Å². The van der Waals surface area contributed by atoms with Crippen molar-refractivity contribution in [1.82, 2.24) is 19.7 Å². The number of nitrogens with zero attached hydrogens (tertiary/aromatic N) is 4. The number of fused-ring (bicyclic) bond motifs is 1. The van der Waals surface area contributed by atoms with Gasteiger partial charge in [0.2, 0.25) is 0 Å². The third-order valence-corrected chi connectivity index (χ3v) is 2.88. The second-order valence-corrected chi connectivity index (χ2v) is 4.29. The summed E-state index contributed by atoms with van der Waals surface area (Å²) in [4.78, 5) is 8.19. The van der Waals surface area contributed by atoms with Crippen LogP contribution >= 0.6 is 0 Å². The maximum absolute atomic E-state index is 5.78. The first-order valence-electron chi connectivity index (χ1n) is 5.71. The van der Waals surface area contributed by atoms with Crippen LogP contribution in [0.2, 0.25) is 0 Å². The van der Waals surface area contributed by atoms with Gasteiger partial charge in [0.05, 0.1) is 18.1 Å². The summed E-state index contributed by atoms with van der Waals surface area (Å²) < 4.78 is 1.84. The lowest BCUT2D eigenvalue weighted by molar-refractivity contribution is 0.703. The second-order valence-electron chi connectivity index (χ2n) is 4.29. The van der Waals surface area contributed by atoms with E-state index in [1.807, 2.05) is 10.7 Å². The summed E-state index contributed by atoms with van der Waals surface area (Å²) in [5, 5.41) is 5.11. The molecule has 2 aromatic heterocycles. The molecule has 0 unspecified atom stereocenters. The minimum absolute atomic E-state index is 0.468. The maximum Gasteiger partial charge on any atom is 0.163 e. The molecule has 3 aromatic rings. The number of benzene rings is 1. The Labute approximate surface area is 104 Å². The van der Waals surface area contributed by atoms with Gasteiger partial charge < -0.3 is 5.73 Å². The largest absolute Gasteiger partial charge is 0.383 e. The number of hydrogen-bond donors (Lipinski definition) is 1. The Morgan fingerprint density at radius 2 is 2.17 bits per heavy atom. The lowest BCUT2D eigenvalue weighted by Crippen LogP contribution is -2.03. The number of nitrogen functional groups attached to an aromatic ring is 1. The fourth-order valence-electron chi connectivity index (χ4n) is 2.01. The molecule has 0 saturated heterocycles. The molecule has 0 fully saturated rings. The Bertz CT molecular complexity index is 701. The molecule has 0 saturated carbocycles. The smallest absolute Gasteiger partial charge is 0.163 e. The number of rotatable bonds is 2. The summed E-state index contributed by atoms with van der Waals surface area (Å²) in [6, 6.07) is 8.33. The topological polar surface area (TPSA) is 69.6 Å². The van der Waals surface area contributed by atoms with Crippen LogP contribution in [-0.2, 0) is 6.54 Å². The van der Waals surface area contributed by atoms with Gasteiger partial charge in [0.1, 0.15) is 12.1 Å². The molecule has 0 aliphatic heterocycles. The molecule has 5 nitrogen and oxygen atoms in total. The summed E-state index contributed by atoms with van der Waals surface area (Å²) >= 11 is 0. The van der Waals surface area contributed by atoms with Gasteiger partial charge in [-0.05, 0) is 12.5 Å². The molecule has 1 aromatic carbocycles. The van der Waals surface area contributed by atoms with Crippen molar-refractivity contribution in [2.75, 3.05) is 5.73 Å². The summed E-state index contributed by atoms with van der Waals surface area (Å²) in [5.74, 6) is 0.468. The average molecular weight is 239 g/mol. The third kappa shape index (κ3) is 1.79. The zero-order chi connectivity index (χ0) is 12.5. The summed E-state index contributed by atoms with van der Waals surface area (Å²) in [6.07, 6.45) is 3.17. The highest BCUT2D eigenvalue weighted by atomic mass is 15.3. The third-order valence-electron chi connectivity index (χ3n) is 2.88. The summed E-state index contributed by atoms with van der Waals surface area (Å²) in [7, 11) is 0. The quantitative estimate of drug-likeness (QED) is 0.739. The van der Waals surface area contributed by atoms with Crippen LogP contribution in [-0.4, -0.2) is 19.7 Å². The fraction of sp³-hybridized carbons (Fsp3) is 0.154. The SMILES string of the molecule is Cc1cccc(Cn2ncc3c(N)ncnc32)c1. The zero-order valence-corrected chi connectivity index (χ0v) is 10.0. The van der Waals surface area contributed by atoms with Crippen molar-refractivity contribution >= 4 is 16.9 Å². The van der Waals surface area contributed by atoms with E-state index in [2.05, 4.69) is 40.2 Å². The molecule has 0 aliphatic carbocycles. The first-order chi connectivity index (χ1) is 8.74. The van der Waals surface area contributed by atoms with Crippen molar-refractivity contribution in [2.24, 2.45) is 0 Å². The molecule has 2 heterocycles. The van der Waals surface area contributed by atoms with Crippen LogP contribution in [0.5, 0.6) is 0 Å². The highest BCUT2D eigenvalue weighted by Crippen LogP contribution is 2.16. The summed E-state index contributed by atoms with van der Waals surface area (Å²) in [5.41, 5.74) is 8.98. The molecule has 0 radical (unpaired) electrons. The molecule has 2 N–H and O–H groups in total. The molecule has 90 valence electrons. The van der Waals surface area contributed by atoms with Gasteiger partial charge in [0.15, 0.2) is 5.65 Å². The van der Waals surface area contributed by atoms with Crippen LogP contribution in [0.1, 0.15) is 11.1 Å². The highest BCUT2D eigenvalue weighted by molar-refractivity contribution is 5.84. The van der Waals surface area contributed by atoms with E-state index in [1.54, 1.807) is 6.20 Å². The molecule has 18 heavy (non-hydrogen) atoms. The van der Waals surface area contributed by atoms with Crippen molar-refractivity contribution in [3.05, 3.63) is 47.9 Å². The molecular weight excluding hydrogens is 226 g/mol. The molecule has 0 bridgehead atoms. The van der Waals surface area contributed by atoms with Gasteiger partial charge in [-0.15, -0.1) is 0 Å². The van der Waals surface area contributed by atoms with E-state index in [0.29, 0.717) is 12.4 Å². The number of hydrogen-bond acceptors (Lipinski definition) is 4. The molecule has 0 atom stereocenters. The Kier molecular flexibility index (Phi) is 2.44. The molecule has 0 aliphatic rings. The monoisotopic (exact) mass is 239 g/mol. The van der Waals surface area contributed by atoms with E-state index in [0.717, 1.165) is 11.0 Å². The first-order valence-corrected chi connectivity index (χ1v) is 5.71. The van der Waals surface area contributed by atoms with Crippen molar-refractivity contribution in [1.29, 1.82) is 0 Å². The molecular formula is C13H13N5. The molecule has 0 spiro atoms. The molecule has 5 heteroatoms. The molecule has 0 amide bonds. The van der Waals surface area contributed by atoms with E-state index in [1.165, 1.54) is 17.5 Å². The zero-order valence-electron chi connectivity index (χ0n) is 10.0. The van der Waals surface area contributed by atoms with Gasteiger partial charge in [-0.2, -0.15) is 5.10 Å². The van der Waals surface area contributed by atoms with Crippen LogP contribution in [0.3, 0.4) is 0 Å². The van der Waals surface area contributed by atoms with Gasteiger partial charge in [-0.3, -0.25) is 0 Å². The lowest BCUT2D eigenvalue weighted by atomic mass is 10.1.